The van der Waals surface area contributed by atoms with Gasteiger partial charge in [0.05, 0.1) is 19.6 Å². The molecule has 4 heteroatoms. The number of carbonyl (C=O) groups is 1. The zero-order valence-corrected chi connectivity index (χ0v) is 10.4. The lowest BCUT2D eigenvalue weighted by Gasteiger charge is -2.40. The second kappa shape index (κ2) is 6.36. The lowest BCUT2D eigenvalue weighted by Crippen LogP contribution is -2.51. The summed E-state index contributed by atoms with van der Waals surface area (Å²) in [6.07, 6.45) is 7.95. The van der Waals surface area contributed by atoms with Crippen LogP contribution in [-0.4, -0.2) is 47.8 Å². The fourth-order valence-electron chi connectivity index (χ4n) is 3.12. The summed E-state index contributed by atoms with van der Waals surface area (Å²) in [4.78, 5) is 13.3. The standard InChI is InChI=1S/C13H23NO3/c15-13(16)9-12-10-17-8-7-14(12)11-5-3-1-2-4-6-11/h11-12H,1-10H2,(H,15,16). The minimum atomic E-state index is -0.709. The summed E-state index contributed by atoms with van der Waals surface area (Å²) in [5.74, 6) is -0.709. The van der Waals surface area contributed by atoms with Crippen molar-refractivity contribution in [3.05, 3.63) is 0 Å². The van der Waals surface area contributed by atoms with Crippen molar-refractivity contribution in [2.45, 2.75) is 57.0 Å². The van der Waals surface area contributed by atoms with Crippen LogP contribution >= 0.6 is 0 Å². The highest BCUT2D eigenvalue weighted by Crippen LogP contribution is 2.25. The summed E-state index contributed by atoms with van der Waals surface area (Å²) >= 11 is 0. The van der Waals surface area contributed by atoms with E-state index in [1.807, 2.05) is 0 Å². The van der Waals surface area contributed by atoms with E-state index in [0.717, 1.165) is 13.2 Å². The third kappa shape index (κ3) is 3.68. The lowest BCUT2D eigenvalue weighted by molar-refractivity contribution is -0.141. The van der Waals surface area contributed by atoms with Crippen LogP contribution in [0.15, 0.2) is 0 Å². The Kier molecular flexibility index (Phi) is 4.80. The van der Waals surface area contributed by atoms with Crippen LogP contribution in [0.3, 0.4) is 0 Å². The van der Waals surface area contributed by atoms with Gasteiger partial charge in [-0.25, -0.2) is 0 Å². The van der Waals surface area contributed by atoms with Crippen molar-refractivity contribution in [1.29, 1.82) is 0 Å². The molecule has 0 aromatic carbocycles. The maximum Gasteiger partial charge on any atom is 0.305 e. The van der Waals surface area contributed by atoms with Crippen molar-refractivity contribution in [3.8, 4) is 0 Å². The van der Waals surface area contributed by atoms with E-state index in [1.165, 1.54) is 38.5 Å². The molecule has 1 heterocycles. The Bertz CT molecular complexity index is 249. The summed E-state index contributed by atoms with van der Waals surface area (Å²) in [6, 6.07) is 0.676. The molecule has 1 N–H and O–H groups in total. The Balaban J connectivity index is 1.96. The highest BCUT2D eigenvalue weighted by molar-refractivity contribution is 5.67. The molecule has 1 aliphatic carbocycles. The van der Waals surface area contributed by atoms with Gasteiger partial charge < -0.3 is 9.84 Å². The number of carboxylic acid groups (broad SMARTS) is 1. The highest BCUT2D eigenvalue weighted by Gasteiger charge is 2.30. The smallest absolute Gasteiger partial charge is 0.305 e. The molecule has 98 valence electrons. The van der Waals surface area contributed by atoms with Gasteiger partial charge in [-0.3, -0.25) is 9.69 Å². The topological polar surface area (TPSA) is 49.8 Å². The Morgan fingerprint density at radius 2 is 1.94 bits per heavy atom. The van der Waals surface area contributed by atoms with E-state index in [1.54, 1.807) is 0 Å². The zero-order chi connectivity index (χ0) is 12.1. The summed E-state index contributed by atoms with van der Waals surface area (Å²) < 4.78 is 5.43. The molecule has 0 radical (unpaired) electrons. The Morgan fingerprint density at radius 1 is 1.24 bits per heavy atom. The third-order valence-corrected chi connectivity index (χ3v) is 3.98. The first kappa shape index (κ1) is 12.8. The van der Waals surface area contributed by atoms with Crippen LogP contribution in [0, 0.1) is 0 Å². The lowest BCUT2D eigenvalue weighted by atomic mass is 10.0. The quantitative estimate of drug-likeness (QED) is 0.767. The monoisotopic (exact) mass is 241 g/mol. The summed E-state index contributed by atoms with van der Waals surface area (Å²) in [5, 5.41) is 8.96. The molecule has 1 saturated carbocycles. The molecule has 2 rings (SSSR count). The first-order chi connectivity index (χ1) is 8.27. The fourth-order valence-corrected chi connectivity index (χ4v) is 3.12. The van der Waals surface area contributed by atoms with Gasteiger partial charge in [0.15, 0.2) is 0 Å². The van der Waals surface area contributed by atoms with Crippen LogP contribution in [0.5, 0.6) is 0 Å². The number of hydrogen-bond acceptors (Lipinski definition) is 3. The SMILES string of the molecule is O=C(O)CC1COCCN1C1CCCCCC1. The van der Waals surface area contributed by atoms with Gasteiger partial charge in [0.1, 0.15) is 0 Å². The zero-order valence-electron chi connectivity index (χ0n) is 10.4. The van der Waals surface area contributed by atoms with Crippen molar-refractivity contribution in [2.75, 3.05) is 19.8 Å². The van der Waals surface area contributed by atoms with Crippen molar-refractivity contribution in [3.63, 3.8) is 0 Å². The molecule has 0 bridgehead atoms. The largest absolute Gasteiger partial charge is 0.481 e. The minimum absolute atomic E-state index is 0.0874. The third-order valence-electron chi connectivity index (χ3n) is 3.98. The number of morpholine rings is 1. The number of rotatable bonds is 3. The average molecular weight is 241 g/mol. The number of hydrogen-bond donors (Lipinski definition) is 1. The molecule has 0 amide bonds. The van der Waals surface area contributed by atoms with Crippen LogP contribution in [0.1, 0.15) is 44.9 Å². The molecular formula is C13H23NO3. The Hall–Kier alpha value is -0.610. The maximum atomic E-state index is 10.9. The Labute approximate surface area is 103 Å². The molecule has 0 spiro atoms. The van der Waals surface area contributed by atoms with E-state index >= 15 is 0 Å². The molecule has 17 heavy (non-hydrogen) atoms. The van der Waals surface area contributed by atoms with Crippen LogP contribution in [0.25, 0.3) is 0 Å². The number of nitrogens with zero attached hydrogens (tertiary/aromatic N) is 1. The molecule has 0 aromatic heterocycles. The first-order valence-electron chi connectivity index (χ1n) is 6.82. The second-order valence-electron chi connectivity index (χ2n) is 5.21. The average Bonchev–Trinajstić information content (AvgIpc) is 2.57. The van der Waals surface area contributed by atoms with Gasteiger partial charge in [0, 0.05) is 18.6 Å². The molecule has 4 nitrogen and oxygen atoms in total. The predicted molar refractivity (Wildman–Crippen MR) is 65.1 cm³/mol. The van der Waals surface area contributed by atoms with Gasteiger partial charge in [-0.1, -0.05) is 25.7 Å². The molecular weight excluding hydrogens is 218 g/mol. The van der Waals surface area contributed by atoms with Gasteiger partial charge in [-0.05, 0) is 12.8 Å². The highest BCUT2D eigenvalue weighted by atomic mass is 16.5. The van der Waals surface area contributed by atoms with E-state index in [4.69, 9.17) is 9.84 Å². The van der Waals surface area contributed by atoms with Crippen LogP contribution in [-0.2, 0) is 9.53 Å². The van der Waals surface area contributed by atoms with E-state index in [2.05, 4.69) is 4.90 Å². The predicted octanol–water partition coefficient (Wildman–Crippen LogP) is 1.88. The molecule has 1 atom stereocenters. The number of ether oxygens (including phenoxy) is 1. The van der Waals surface area contributed by atoms with Gasteiger partial charge in [0.2, 0.25) is 0 Å². The molecule has 1 saturated heterocycles. The van der Waals surface area contributed by atoms with Crippen molar-refractivity contribution in [2.24, 2.45) is 0 Å². The van der Waals surface area contributed by atoms with Crippen molar-refractivity contribution in [1.82, 2.24) is 4.90 Å². The van der Waals surface area contributed by atoms with E-state index in [9.17, 15) is 4.79 Å². The number of carboxylic acids is 1. The molecule has 1 aliphatic heterocycles. The van der Waals surface area contributed by atoms with Gasteiger partial charge in [0.25, 0.3) is 0 Å². The molecule has 0 aromatic rings. The first-order valence-corrected chi connectivity index (χ1v) is 6.82. The normalized spacial score (nSPS) is 28.8. The maximum absolute atomic E-state index is 10.9. The second-order valence-corrected chi connectivity index (χ2v) is 5.21. The molecule has 2 aliphatic rings. The number of aliphatic carboxylic acids is 1. The fraction of sp³-hybridized carbons (Fsp3) is 0.923. The summed E-state index contributed by atoms with van der Waals surface area (Å²) in [6.45, 7) is 2.25. The van der Waals surface area contributed by atoms with Crippen molar-refractivity contribution < 1.29 is 14.6 Å². The molecule has 1 unspecified atom stereocenters. The molecule has 2 fully saturated rings. The van der Waals surface area contributed by atoms with Gasteiger partial charge >= 0.3 is 5.97 Å². The van der Waals surface area contributed by atoms with Crippen LogP contribution in [0.4, 0.5) is 0 Å². The van der Waals surface area contributed by atoms with Crippen molar-refractivity contribution >= 4 is 5.97 Å². The van der Waals surface area contributed by atoms with Gasteiger partial charge in [-0.2, -0.15) is 0 Å². The van der Waals surface area contributed by atoms with Gasteiger partial charge in [-0.15, -0.1) is 0 Å². The van der Waals surface area contributed by atoms with E-state index < -0.39 is 5.97 Å². The van der Waals surface area contributed by atoms with E-state index in [0.29, 0.717) is 12.6 Å². The van der Waals surface area contributed by atoms with Crippen LogP contribution in [0.2, 0.25) is 0 Å². The summed E-state index contributed by atoms with van der Waals surface area (Å²) in [7, 11) is 0. The summed E-state index contributed by atoms with van der Waals surface area (Å²) in [5.41, 5.74) is 0. The minimum Gasteiger partial charge on any atom is -0.481 e. The Morgan fingerprint density at radius 3 is 2.59 bits per heavy atom. The van der Waals surface area contributed by atoms with E-state index in [-0.39, 0.29) is 12.5 Å². The van der Waals surface area contributed by atoms with Crippen LogP contribution < -0.4 is 0 Å².